The number of fused-ring (bicyclic) bond motifs is 9. The lowest BCUT2D eigenvalue weighted by Gasteiger charge is -2.61. The van der Waals surface area contributed by atoms with Crippen LogP contribution >= 0.6 is 0 Å². The zero-order chi connectivity index (χ0) is 39.1. The highest BCUT2D eigenvalue weighted by molar-refractivity contribution is 6.17. The van der Waals surface area contributed by atoms with Crippen LogP contribution in [0.3, 0.4) is 0 Å². The van der Waals surface area contributed by atoms with Crippen LogP contribution in [0.4, 0.5) is 0 Å². The minimum atomic E-state index is 0.183. The smallest absolute Gasteiger partial charge is 0.0547 e. The Morgan fingerprint density at radius 1 is 0.350 bits per heavy atom. The lowest BCUT2D eigenvalue weighted by atomic mass is 9.43. The number of benzene rings is 8. The molecule has 2 nitrogen and oxygen atoms in total. The standard InChI is InChI=1S/C58H44N2/c1-2-12-38(13-3-1)39-14-10-15-43(33-39)60-54-22-9-6-18-48(54)57-45(19-11-23-56(57)60)40-24-27-55-50(34-40)47-17-5-8-21-53(47)59(55)44-25-26-52-49(35-44)46-16-4-7-20-51(46)58(52)41-29-36-28-37(31-41)32-42(58)30-36/h1-27,33-37,41-42H,28-32H2. The van der Waals surface area contributed by atoms with E-state index in [9.17, 15) is 0 Å². The summed E-state index contributed by atoms with van der Waals surface area (Å²) in [5.74, 6) is 3.43. The van der Waals surface area contributed by atoms with Crippen molar-refractivity contribution in [3.63, 3.8) is 0 Å². The maximum Gasteiger partial charge on any atom is 0.0547 e. The van der Waals surface area contributed by atoms with Crippen molar-refractivity contribution in [3.8, 4) is 44.8 Å². The topological polar surface area (TPSA) is 9.86 Å². The van der Waals surface area contributed by atoms with E-state index in [0.717, 1.165) is 23.7 Å². The summed E-state index contributed by atoms with van der Waals surface area (Å²) in [7, 11) is 0. The molecule has 5 aliphatic rings. The molecule has 0 saturated heterocycles. The van der Waals surface area contributed by atoms with Crippen LogP contribution in [0.25, 0.3) is 88.4 Å². The molecule has 286 valence electrons. The van der Waals surface area contributed by atoms with Gasteiger partial charge in [-0.15, -0.1) is 0 Å². The number of rotatable bonds is 4. The molecule has 0 atom stereocenters. The molecule has 10 aromatic rings. The Morgan fingerprint density at radius 3 is 1.78 bits per heavy atom. The van der Waals surface area contributed by atoms with Crippen molar-refractivity contribution in [3.05, 3.63) is 193 Å². The lowest BCUT2D eigenvalue weighted by molar-refractivity contribution is -0.0399. The summed E-state index contributed by atoms with van der Waals surface area (Å²) >= 11 is 0. The van der Waals surface area contributed by atoms with Gasteiger partial charge in [0.25, 0.3) is 0 Å². The average molecular weight is 769 g/mol. The van der Waals surface area contributed by atoms with Gasteiger partial charge in [-0.2, -0.15) is 0 Å². The first kappa shape index (κ1) is 33.2. The molecule has 4 bridgehead atoms. The van der Waals surface area contributed by atoms with Gasteiger partial charge in [0, 0.05) is 38.3 Å². The minimum absolute atomic E-state index is 0.183. The second kappa shape index (κ2) is 12.2. The van der Waals surface area contributed by atoms with Gasteiger partial charge in [-0.25, -0.2) is 0 Å². The molecule has 5 aliphatic carbocycles. The normalized spacial score (nSPS) is 22.4. The molecule has 2 aromatic heterocycles. The predicted octanol–water partition coefficient (Wildman–Crippen LogP) is 14.9. The fourth-order valence-corrected chi connectivity index (χ4v) is 13.7. The minimum Gasteiger partial charge on any atom is -0.309 e. The number of para-hydroxylation sites is 2. The van der Waals surface area contributed by atoms with E-state index in [1.807, 2.05) is 0 Å². The van der Waals surface area contributed by atoms with Gasteiger partial charge in [0.2, 0.25) is 0 Å². The fraction of sp³-hybridized carbons (Fsp3) is 0.172. The predicted molar refractivity (Wildman–Crippen MR) is 249 cm³/mol. The number of hydrogen-bond acceptors (Lipinski definition) is 0. The number of hydrogen-bond donors (Lipinski definition) is 0. The molecule has 0 N–H and O–H groups in total. The molecule has 60 heavy (non-hydrogen) atoms. The highest BCUT2D eigenvalue weighted by Crippen LogP contribution is 2.69. The van der Waals surface area contributed by atoms with Crippen LogP contribution in [-0.2, 0) is 5.41 Å². The van der Waals surface area contributed by atoms with Crippen molar-refractivity contribution in [2.45, 2.75) is 37.5 Å². The van der Waals surface area contributed by atoms with Gasteiger partial charge < -0.3 is 9.13 Å². The van der Waals surface area contributed by atoms with Gasteiger partial charge in [0.1, 0.15) is 0 Å². The summed E-state index contributed by atoms with van der Waals surface area (Å²) in [5.41, 5.74) is 18.7. The third-order valence-electron chi connectivity index (χ3n) is 15.7. The van der Waals surface area contributed by atoms with E-state index >= 15 is 0 Å². The Hall–Kier alpha value is -6.64. The van der Waals surface area contributed by atoms with Crippen LogP contribution in [0.5, 0.6) is 0 Å². The Kier molecular flexibility index (Phi) is 6.76. The van der Waals surface area contributed by atoms with Crippen molar-refractivity contribution in [2.24, 2.45) is 23.7 Å². The SMILES string of the molecule is c1ccc(-c2cccc(-n3c4ccccc4c4c(-c5ccc6c(c5)c5ccccc5n6-c5ccc6c(c5)-c5ccccc5C65C6CC7CC(C6)CC5C7)cccc43)c2)cc1. The molecule has 0 aliphatic heterocycles. The van der Waals surface area contributed by atoms with Gasteiger partial charge in [-0.05, 0) is 155 Å². The Labute approximate surface area is 350 Å². The van der Waals surface area contributed by atoms with Crippen molar-refractivity contribution in [1.29, 1.82) is 0 Å². The van der Waals surface area contributed by atoms with Gasteiger partial charge in [0.05, 0.1) is 22.1 Å². The van der Waals surface area contributed by atoms with Gasteiger partial charge in [-0.3, -0.25) is 0 Å². The summed E-state index contributed by atoms with van der Waals surface area (Å²) in [6, 6.07) is 68.7. The average Bonchev–Trinajstić information content (AvgIpc) is 3.92. The largest absolute Gasteiger partial charge is 0.309 e. The Bertz CT molecular complexity index is 3370. The third kappa shape index (κ3) is 4.38. The molecule has 2 heteroatoms. The Morgan fingerprint density at radius 2 is 0.950 bits per heavy atom. The highest BCUT2D eigenvalue weighted by atomic mass is 15.0. The lowest BCUT2D eigenvalue weighted by Crippen LogP contribution is -2.55. The monoisotopic (exact) mass is 768 g/mol. The van der Waals surface area contributed by atoms with E-state index < -0.39 is 0 Å². The summed E-state index contributed by atoms with van der Waals surface area (Å²) < 4.78 is 4.98. The van der Waals surface area contributed by atoms with Gasteiger partial charge >= 0.3 is 0 Å². The second-order valence-corrected chi connectivity index (χ2v) is 18.5. The molecule has 8 aromatic carbocycles. The molecule has 2 heterocycles. The zero-order valence-electron chi connectivity index (χ0n) is 33.6. The van der Waals surface area contributed by atoms with Crippen molar-refractivity contribution in [1.82, 2.24) is 9.13 Å². The van der Waals surface area contributed by atoms with Gasteiger partial charge in [0.15, 0.2) is 0 Å². The first-order valence-corrected chi connectivity index (χ1v) is 22.2. The first-order valence-electron chi connectivity index (χ1n) is 22.2. The molecular weight excluding hydrogens is 725 g/mol. The molecule has 4 saturated carbocycles. The molecule has 15 rings (SSSR count). The third-order valence-corrected chi connectivity index (χ3v) is 15.7. The van der Waals surface area contributed by atoms with Crippen LogP contribution < -0.4 is 0 Å². The van der Waals surface area contributed by atoms with Crippen molar-refractivity contribution in [2.75, 3.05) is 0 Å². The quantitative estimate of drug-likeness (QED) is 0.169. The van der Waals surface area contributed by atoms with Gasteiger partial charge in [-0.1, -0.05) is 127 Å². The van der Waals surface area contributed by atoms with Crippen LogP contribution in [0, 0.1) is 23.7 Å². The number of aromatic nitrogens is 2. The van der Waals surface area contributed by atoms with E-state index in [0.29, 0.717) is 0 Å². The molecule has 0 amide bonds. The maximum atomic E-state index is 2.56. The van der Waals surface area contributed by atoms with E-state index in [1.165, 1.54) is 120 Å². The molecule has 4 fully saturated rings. The van der Waals surface area contributed by atoms with E-state index in [1.54, 1.807) is 11.1 Å². The maximum absolute atomic E-state index is 2.56. The Balaban J connectivity index is 0.939. The van der Waals surface area contributed by atoms with Crippen LogP contribution in [0.2, 0.25) is 0 Å². The number of nitrogens with zero attached hydrogens (tertiary/aromatic N) is 2. The summed E-state index contributed by atoms with van der Waals surface area (Å²) in [5, 5.41) is 5.14. The van der Waals surface area contributed by atoms with Crippen molar-refractivity contribution < 1.29 is 0 Å². The van der Waals surface area contributed by atoms with E-state index in [2.05, 4.69) is 191 Å². The first-order chi connectivity index (χ1) is 29.7. The molecule has 0 unspecified atom stereocenters. The molecular formula is C58H44N2. The van der Waals surface area contributed by atoms with E-state index in [4.69, 9.17) is 0 Å². The second-order valence-electron chi connectivity index (χ2n) is 18.5. The highest BCUT2D eigenvalue weighted by Gasteiger charge is 2.61. The van der Waals surface area contributed by atoms with Crippen LogP contribution in [0.15, 0.2) is 182 Å². The van der Waals surface area contributed by atoms with Crippen LogP contribution in [-0.4, -0.2) is 9.13 Å². The summed E-state index contributed by atoms with van der Waals surface area (Å²) in [6.07, 6.45) is 7.12. The van der Waals surface area contributed by atoms with E-state index in [-0.39, 0.29) is 5.41 Å². The van der Waals surface area contributed by atoms with Crippen molar-refractivity contribution >= 4 is 43.6 Å². The fourth-order valence-electron chi connectivity index (χ4n) is 13.7. The molecule has 0 radical (unpaired) electrons. The summed E-state index contributed by atoms with van der Waals surface area (Å²) in [4.78, 5) is 0. The van der Waals surface area contributed by atoms with Crippen LogP contribution in [0.1, 0.15) is 43.2 Å². The zero-order valence-corrected chi connectivity index (χ0v) is 33.6. The summed E-state index contributed by atoms with van der Waals surface area (Å²) in [6.45, 7) is 0. The molecule has 1 spiro atoms.